The van der Waals surface area contributed by atoms with Gasteiger partial charge >= 0.3 is 184 Å². The van der Waals surface area contributed by atoms with Crippen molar-refractivity contribution in [1.82, 2.24) is 20.6 Å². The molecule has 7 nitrogen and oxygen atoms in total. The van der Waals surface area contributed by atoms with Gasteiger partial charge in [0.25, 0.3) is 0 Å². The van der Waals surface area contributed by atoms with E-state index in [9.17, 15) is 0 Å². The molecule has 0 spiro atoms. The van der Waals surface area contributed by atoms with Gasteiger partial charge in [-0.25, -0.2) is 4.98 Å². The topological polar surface area (TPSA) is 98.1 Å². The smallest absolute Gasteiger partial charge is 0.209 e. The summed E-state index contributed by atoms with van der Waals surface area (Å²) < 4.78 is 17.1. The van der Waals surface area contributed by atoms with E-state index in [0.29, 0.717) is 5.96 Å². The summed E-state index contributed by atoms with van der Waals surface area (Å²) >= 11 is -3.14. The quantitative estimate of drug-likeness (QED) is 0.0298. The van der Waals surface area contributed by atoms with Crippen LogP contribution in [-0.4, -0.2) is 72.9 Å². The zero-order chi connectivity index (χ0) is 32.9. The van der Waals surface area contributed by atoms with Crippen LogP contribution in [0.4, 0.5) is 0 Å². The summed E-state index contributed by atoms with van der Waals surface area (Å²) in [7, 11) is 1.73. The van der Waals surface area contributed by atoms with E-state index in [1.807, 2.05) is 6.92 Å². The second-order valence-corrected chi connectivity index (χ2v) is 40.0. The molecule has 1 rings (SSSR count). The maximum Gasteiger partial charge on any atom is 0.209 e. The molecule has 0 aliphatic carbocycles. The van der Waals surface area contributed by atoms with Crippen LogP contribution in [0.3, 0.4) is 0 Å². The van der Waals surface area contributed by atoms with Crippen molar-refractivity contribution >= 4 is 55.3 Å². The molecule has 0 saturated carbocycles. The number of guanidine groups is 1. The van der Waals surface area contributed by atoms with Crippen LogP contribution in [0.1, 0.15) is 130 Å². The van der Waals surface area contributed by atoms with Gasteiger partial charge in [0.15, 0.2) is 0 Å². The molecule has 3 N–H and O–H groups in total. The Morgan fingerprint density at radius 3 is 1.59 bits per heavy atom. The van der Waals surface area contributed by atoms with Crippen LogP contribution < -0.4 is 10.6 Å². The number of aromatic nitrogens is 2. The number of aryl methyl sites for hydroxylation is 1. The number of hydrogen-bond donors (Lipinski definition) is 3. The molecule has 0 aromatic carbocycles. The molecular formula is C34H70N6OSSn2. The van der Waals surface area contributed by atoms with Crippen LogP contribution in [0.15, 0.2) is 11.3 Å². The Hall–Kier alpha value is -0.123. The van der Waals surface area contributed by atoms with Gasteiger partial charge in [-0.15, -0.1) is 4.99 Å². The maximum atomic E-state index is 8.39. The van der Waals surface area contributed by atoms with Crippen LogP contribution in [0.5, 0.6) is 0 Å². The molecule has 0 aliphatic rings. The second kappa shape index (κ2) is 29.0. The monoisotopic (exact) mass is 850 g/mol. The molecule has 1 aromatic rings. The van der Waals surface area contributed by atoms with E-state index in [0.717, 1.165) is 29.4 Å². The number of rotatable bonds is 25. The Morgan fingerprint density at radius 1 is 0.841 bits per heavy atom. The fourth-order valence-corrected chi connectivity index (χ4v) is 61.6. The summed E-state index contributed by atoms with van der Waals surface area (Å²) in [6, 6.07) is 0. The average Bonchev–Trinajstić information content (AvgIpc) is 3.46. The summed E-state index contributed by atoms with van der Waals surface area (Å²) in [4.78, 5) is 10.8. The Morgan fingerprint density at radius 2 is 1.27 bits per heavy atom. The van der Waals surface area contributed by atoms with Crippen molar-refractivity contribution in [1.29, 1.82) is 5.26 Å². The van der Waals surface area contributed by atoms with Crippen LogP contribution >= 0.6 is 11.8 Å². The molecule has 10 heteroatoms. The van der Waals surface area contributed by atoms with Crippen molar-refractivity contribution in [3.05, 3.63) is 17.7 Å². The van der Waals surface area contributed by atoms with E-state index in [1.165, 1.54) is 104 Å². The normalized spacial score (nSPS) is 12.0. The summed E-state index contributed by atoms with van der Waals surface area (Å²) in [6.07, 6.45) is 20.3. The predicted molar refractivity (Wildman–Crippen MR) is 200 cm³/mol. The molecule has 0 atom stereocenters. The number of H-pyrrole nitrogens is 1. The van der Waals surface area contributed by atoms with Gasteiger partial charge in [0, 0.05) is 30.8 Å². The molecule has 0 radical (unpaired) electrons. The molecule has 0 fully saturated rings. The molecule has 0 aliphatic heterocycles. The van der Waals surface area contributed by atoms with Gasteiger partial charge in [0.1, 0.15) is 0 Å². The van der Waals surface area contributed by atoms with Gasteiger partial charge < -0.3 is 15.6 Å². The molecule has 44 heavy (non-hydrogen) atoms. The van der Waals surface area contributed by atoms with Crippen LogP contribution in [-0.2, 0) is 7.16 Å². The third kappa shape index (κ3) is 20.2. The molecule has 0 bridgehead atoms. The van der Waals surface area contributed by atoms with Crippen molar-refractivity contribution < 1.29 is 1.41 Å². The first-order valence-electron chi connectivity index (χ1n) is 18.0. The SMILES string of the molecule is CCC[CH2][Sn]([CH2]CCC)([CH2]CCC)[O][Sn]([CH2]CCC)([CH2]CCC)[CH2]CCC.CN/C(=N/C#N)NCCSCc1nc[nH]c1C. The number of hydrogen-bond acceptors (Lipinski definition) is 5. The van der Waals surface area contributed by atoms with E-state index in [4.69, 9.17) is 6.67 Å². The molecule has 1 heterocycles. The fourth-order valence-electron chi connectivity index (χ4n) is 5.69. The molecular weight excluding hydrogens is 778 g/mol. The first-order valence-corrected chi connectivity index (χ1v) is 33.6. The Kier molecular flexibility index (Phi) is 29.0. The maximum absolute atomic E-state index is 8.39. The van der Waals surface area contributed by atoms with Gasteiger partial charge in [0.2, 0.25) is 12.2 Å². The zero-order valence-electron chi connectivity index (χ0n) is 30.1. The van der Waals surface area contributed by atoms with E-state index in [1.54, 1.807) is 31.3 Å². The summed E-state index contributed by atoms with van der Waals surface area (Å²) in [5.41, 5.74) is 2.21. The van der Waals surface area contributed by atoms with Gasteiger partial charge in [0.05, 0.1) is 12.0 Å². The van der Waals surface area contributed by atoms with Crippen LogP contribution in [0.25, 0.3) is 0 Å². The molecule has 256 valence electrons. The summed E-state index contributed by atoms with van der Waals surface area (Å²) in [5, 5.41) is 14.2. The third-order valence-electron chi connectivity index (χ3n) is 8.46. The summed E-state index contributed by atoms with van der Waals surface area (Å²) in [6.45, 7) is 17.1. The number of aliphatic imine (C=N–C) groups is 1. The first kappa shape index (κ1) is 43.9. The number of imidazole rings is 1. The standard InChI is InChI=1S/C10H16N6S.6C4H9.O.2Sn/c1-8-9(16-7-15-8)5-17-4-3-13-10(12-2)14-6-11;6*1-3-4-2;;;/h7H,3-5H2,1-2H3,(H,15,16)(H2,12,13,14);6*1,3-4H2,2H3;;;. The number of thioether (sulfide) groups is 1. The zero-order valence-corrected chi connectivity index (χ0v) is 36.6. The third-order valence-corrected chi connectivity index (χ3v) is 50.1. The Labute approximate surface area is 286 Å². The number of nitrogens with one attached hydrogen (secondary N) is 3. The minimum Gasteiger partial charge on any atom is -0.359 e. The minimum atomic E-state index is -2.46. The van der Waals surface area contributed by atoms with Gasteiger partial charge in [-0.2, -0.15) is 17.0 Å². The van der Waals surface area contributed by atoms with Gasteiger partial charge in [-0.3, -0.25) is 0 Å². The van der Waals surface area contributed by atoms with Crippen molar-refractivity contribution in [3.8, 4) is 6.19 Å². The van der Waals surface area contributed by atoms with E-state index in [-0.39, 0.29) is 0 Å². The van der Waals surface area contributed by atoms with Crippen LogP contribution in [0.2, 0.25) is 26.6 Å². The van der Waals surface area contributed by atoms with E-state index in [2.05, 4.69) is 67.1 Å². The number of nitrogens with zero attached hydrogens (tertiary/aromatic N) is 3. The molecule has 1 aromatic heterocycles. The average molecular weight is 848 g/mol. The Balaban J connectivity index is 0.000000928. The van der Waals surface area contributed by atoms with E-state index < -0.39 is 37.6 Å². The van der Waals surface area contributed by atoms with Gasteiger partial charge in [-0.1, -0.05) is 0 Å². The molecule has 0 saturated heterocycles. The van der Waals surface area contributed by atoms with Gasteiger partial charge in [-0.05, 0) is 6.92 Å². The first-order chi connectivity index (χ1) is 21.3. The second-order valence-electron chi connectivity index (χ2n) is 12.4. The Bertz CT molecular complexity index is 803. The fraction of sp³-hybridized carbons (Fsp3) is 0.853. The van der Waals surface area contributed by atoms with Crippen molar-refractivity contribution in [2.24, 2.45) is 4.99 Å². The number of unbranched alkanes of at least 4 members (excludes halogenated alkanes) is 6. The minimum absolute atomic E-state index is 0.504. The predicted octanol–water partition coefficient (Wildman–Crippen LogP) is 10.3. The summed E-state index contributed by atoms with van der Waals surface area (Å²) in [5.74, 6) is 2.32. The van der Waals surface area contributed by atoms with Crippen molar-refractivity contribution in [3.63, 3.8) is 0 Å². The van der Waals surface area contributed by atoms with E-state index >= 15 is 0 Å². The number of aromatic amines is 1. The molecule has 0 unspecified atom stereocenters. The van der Waals surface area contributed by atoms with Crippen molar-refractivity contribution in [2.45, 2.75) is 158 Å². The van der Waals surface area contributed by atoms with Crippen LogP contribution in [0, 0.1) is 18.4 Å². The number of nitriles is 1. The molecule has 0 amide bonds. The van der Waals surface area contributed by atoms with Crippen molar-refractivity contribution in [2.75, 3.05) is 19.3 Å². The largest absolute Gasteiger partial charge is 0.359 e.